The van der Waals surface area contributed by atoms with Crippen LogP contribution in [-0.4, -0.2) is 13.3 Å². The van der Waals surface area contributed by atoms with Crippen molar-refractivity contribution in [3.8, 4) is 11.5 Å². The van der Waals surface area contributed by atoms with E-state index in [4.69, 9.17) is 32.7 Å². The highest BCUT2D eigenvalue weighted by atomic mass is 35.5. The van der Waals surface area contributed by atoms with Crippen molar-refractivity contribution in [2.45, 2.75) is 19.3 Å². The number of thiol groups is 1. The molecule has 0 N–H and O–H groups in total. The summed E-state index contributed by atoms with van der Waals surface area (Å²) in [6, 6.07) is 8.69. The van der Waals surface area contributed by atoms with E-state index in [9.17, 15) is 4.79 Å². The number of carbonyl (C=O) groups excluding carboxylic acids is 1. The predicted molar refractivity (Wildman–Crippen MR) is 97.7 cm³/mol. The maximum atomic E-state index is 11.4. The number of carbonyl (C=O) groups is 1. The number of hydrogen-bond donors (Lipinski definition) is 1. The Morgan fingerprint density at radius 3 is 2.58 bits per heavy atom. The molecule has 0 saturated carbocycles. The summed E-state index contributed by atoms with van der Waals surface area (Å²) in [6.07, 6.45) is -0.802. The van der Waals surface area contributed by atoms with E-state index in [2.05, 4.69) is 17.4 Å². The molecule has 2 aromatic rings. The number of benzene rings is 2. The fourth-order valence-electron chi connectivity index (χ4n) is 2.04. The van der Waals surface area contributed by atoms with Gasteiger partial charge in [0.15, 0.2) is 0 Å². The van der Waals surface area contributed by atoms with Crippen LogP contribution in [-0.2, 0) is 17.1 Å². The highest BCUT2D eigenvalue weighted by Crippen LogP contribution is 2.33. The Bertz CT molecular complexity index is 750. The molecule has 0 radical (unpaired) electrons. The van der Waals surface area contributed by atoms with E-state index in [1.165, 1.54) is 7.11 Å². The molecular formula is C17H16Cl2O4S. The minimum Gasteiger partial charge on any atom is -0.487 e. The first kappa shape index (κ1) is 18.8. The van der Waals surface area contributed by atoms with E-state index >= 15 is 0 Å². The first-order valence-electron chi connectivity index (χ1n) is 7.02. The standard InChI is InChI=1S/C17H16Cl2O4S/c1-10-6-14(19)16(7-13(10)18)22-8-12-11(9-24)4-3-5-15(12)23-17(20)21-2/h3-7,24H,8-9H2,1-2H3. The van der Waals surface area contributed by atoms with E-state index in [1.807, 2.05) is 13.0 Å². The van der Waals surface area contributed by atoms with Gasteiger partial charge in [-0.05, 0) is 30.2 Å². The summed E-state index contributed by atoms with van der Waals surface area (Å²) < 4.78 is 15.5. The molecule has 4 nitrogen and oxygen atoms in total. The van der Waals surface area contributed by atoms with Crippen LogP contribution in [0.5, 0.6) is 11.5 Å². The zero-order chi connectivity index (χ0) is 17.7. The second kappa shape index (κ2) is 8.51. The Kier molecular flexibility index (Phi) is 6.66. The van der Waals surface area contributed by atoms with Crippen LogP contribution in [0.25, 0.3) is 0 Å². The molecule has 2 aromatic carbocycles. The minimum absolute atomic E-state index is 0.141. The van der Waals surface area contributed by atoms with E-state index in [0.717, 1.165) is 11.1 Å². The normalized spacial score (nSPS) is 10.4. The molecule has 0 atom stereocenters. The highest BCUT2D eigenvalue weighted by Gasteiger charge is 2.15. The fraction of sp³-hybridized carbons (Fsp3) is 0.235. The van der Waals surface area contributed by atoms with Gasteiger partial charge in [0.05, 0.1) is 12.1 Å². The van der Waals surface area contributed by atoms with Crippen LogP contribution in [0.3, 0.4) is 0 Å². The summed E-state index contributed by atoms with van der Waals surface area (Å²) in [7, 11) is 1.25. The number of rotatable bonds is 5. The monoisotopic (exact) mass is 386 g/mol. The second-order valence-electron chi connectivity index (χ2n) is 4.93. The number of aryl methyl sites for hydroxylation is 1. The van der Waals surface area contributed by atoms with Crippen molar-refractivity contribution >= 4 is 42.0 Å². The van der Waals surface area contributed by atoms with Gasteiger partial charge < -0.3 is 14.2 Å². The molecule has 128 valence electrons. The average Bonchev–Trinajstić information content (AvgIpc) is 2.57. The van der Waals surface area contributed by atoms with Gasteiger partial charge in [-0.25, -0.2) is 4.79 Å². The molecule has 0 aliphatic carbocycles. The van der Waals surface area contributed by atoms with Gasteiger partial charge in [-0.2, -0.15) is 12.6 Å². The topological polar surface area (TPSA) is 44.8 Å². The Morgan fingerprint density at radius 1 is 1.17 bits per heavy atom. The Hall–Kier alpha value is -1.56. The van der Waals surface area contributed by atoms with Crippen LogP contribution in [0, 0.1) is 6.92 Å². The SMILES string of the molecule is COC(=O)Oc1cccc(CS)c1COc1cc(Cl)c(C)cc1Cl. The van der Waals surface area contributed by atoms with E-state index in [1.54, 1.807) is 24.3 Å². The Labute approximate surface area is 156 Å². The van der Waals surface area contributed by atoms with Crippen molar-refractivity contribution < 1.29 is 19.0 Å². The van der Waals surface area contributed by atoms with Crippen molar-refractivity contribution in [3.63, 3.8) is 0 Å². The first-order valence-corrected chi connectivity index (χ1v) is 8.41. The molecule has 2 rings (SSSR count). The Balaban J connectivity index is 2.28. The highest BCUT2D eigenvalue weighted by molar-refractivity contribution is 7.79. The lowest BCUT2D eigenvalue weighted by molar-refractivity contribution is 0.120. The molecule has 0 aliphatic heterocycles. The summed E-state index contributed by atoms with van der Waals surface area (Å²) in [5.41, 5.74) is 2.42. The van der Waals surface area contributed by atoms with Gasteiger partial charge in [0, 0.05) is 22.4 Å². The van der Waals surface area contributed by atoms with Gasteiger partial charge in [0.2, 0.25) is 0 Å². The molecule has 7 heteroatoms. The van der Waals surface area contributed by atoms with E-state index in [-0.39, 0.29) is 6.61 Å². The number of ether oxygens (including phenoxy) is 3. The van der Waals surface area contributed by atoms with Gasteiger partial charge in [0.1, 0.15) is 18.1 Å². The van der Waals surface area contributed by atoms with Gasteiger partial charge in [-0.15, -0.1) is 0 Å². The van der Waals surface area contributed by atoms with Crippen molar-refractivity contribution in [2.75, 3.05) is 7.11 Å². The fourth-order valence-corrected chi connectivity index (χ4v) is 2.76. The van der Waals surface area contributed by atoms with Crippen LogP contribution >= 0.6 is 35.8 Å². The van der Waals surface area contributed by atoms with Crippen LogP contribution in [0.15, 0.2) is 30.3 Å². The molecule has 24 heavy (non-hydrogen) atoms. The number of halogens is 2. The van der Waals surface area contributed by atoms with Gasteiger partial charge in [-0.3, -0.25) is 0 Å². The zero-order valence-corrected chi connectivity index (χ0v) is 15.5. The van der Waals surface area contributed by atoms with Gasteiger partial charge >= 0.3 is 6.16 Å². The van der Waals surface area contributed by atoms with Crippen molar-refractivity contribution in [2.24, 2.45) is 0 Å². The molecule has 0 saturated heterocycles. The number of methoxy groups -OCH3 is 1. The summed E-state index contributed by atoms with van der Waals surface area (Å²) in [5, 5.41) is 1.01. The maximum absolute atomic E-state index is 11.4. The summed E-state index contributed by atoms with van der Waals surface area (Å²) in [5.74, 6) is 1.26. The third kappa shape index (κ3) is 4.50. The molecule has 0 aliphatic rings. The quantitative estimate of drug-likeness (QED) is 0.421. The van der Waals surface area contributed by atoms with Crippen LogP contribution in [0.2, 0.25) is 10.0 Å². The molecule has 0 heterocycles. The van der Waals surface area contributed by atoms with Crippen molar-refractivity contribution in [3.05, 3.63) is 57.1 Å². The molecule has 0 aromatic heterocycles. The second-order valence-corrected chi connectivity index (χ2v) is 6.06. The predicted octanol–water partition coefficient (Wildman–Crippen LogP) is 5.46. The summed E-state index contributed by atoms with van der Waals surface area (Å²) in [4.78, 5) is 11.4. The van der Waals surface area contributed by atoms with Crippen molar-refractivity contribution in [1.82, 2.24) is 0 Å². The van der Waals surface area contributed by atoms with Crippen LogP contribution in [0.4, 0.5) is 4.79 Å². The first-order chi connectivity index (χ1) is 11.5. The van der Waals surface area contributed by atoms with Crippen LogP contribution < -0.4 is 9.47 Å². The van der Waals surface area contributed by atoms with Crippen LogP contribution in [0.1, 0.15) is 16.7 Å². The molecule has 0 amide bonds. The smallest absolute Gasteiger partial charge is 0.487 e. The summed E-state index contributed by atoms with van der Waals surface area (Å²) >= 11 is 16.6. The Morgan fingerprint density at radius 2 is 1.92 bits per heavy atom. The lowest BCUT2D eigenvalue weighted by Gasteiger charge is -2.15. The van der Waals surface area contributed by atoms with Gasteiger partial charge in [0.25, 0.3) is 0 Å². The molecular weight excluding hydrogens is 371 g/mol. The third-order valence-electron chi connectivity index (χ3n) is 3.35. The number of hydrogen-bond acceptors (Lipinski definition) is 5. The zero-order valence-electron chi connectivity index (χ0n) is 13.1. The van der Waals surface area contributed by atoms with Gasteiger partial charge in [-0.1, -0.05) is 35.3 Å². The summed E-state index contributed by atoms with van der Waals surface area (Å²) in [6.45, 7) is 2.00. The minimum atomic E-state index is -0.802. The molecule has 0 spiro atoms. The molecule has 0 fully saturated rings. The lowest BCUT2D eigenvalue weighted by Crippen LogP contribution is -2.11. The lowest BCUT2D eigenvalue weighted by atomic mass is 10.1. The average molecular weight is 387 g/mol. The van der Waals surface area contributed by atoms with E-state index < -0.39 is 6.16 Å². The third-order valence-corrected chi connectivity index (χ3v) is 4.39. The maximum Gasteiger partial charge on any atom is 0.513 e. The van der Waals surface area contributed by atoms with E-state index in [0.29, 0.717) is 32.9 Å². The molecule has 0 unspecified atom stereocenters. The largest absolute Gasteiger partial charge is 0.513 e. The van der Waals surface area contributed by atoms with Crippen molar-refractivity contribution in [1.29, 1.82) is 0 Å². The molecule has 0 bridgehead atoms.